The van der Waals surface area contributed by atoms with Gasteiger partial charge in [-0.05, 0) is 37.6 Å². The zero-order valence-electron chi connectivity index (χ0n) is 15.6. The van der Waals surface area contributed by atoms with Gasteiger partial charge in [-0.3, -0.25) is 4.79 Å². The fraction of sp³-hybridized carbons (Fsp3) is 0.190. The van der Waals surface area contributed by atoms with E-state index in [2.05, 4.69) is 15.4 Å². The lowest BCUT2D eigenvalue weighted by molar-refractivity contribution is 0.0953. The van der Waals surface area contributed by atoms with Crippen molar-refractivity contribution in [2.75, 3.05) is 6.54 Å². The molecule has 0 aliphatic carbocycles. The highest BCUT2D eigenvalue weighted by molar-refractivity contribution is 7.15. The Morgan fingerprint density at radius 3 is 2.89 bits per heavy atom. The van der Waals surface area contributed by atoms with Gasteiger partial charge in [0, 0.05) is 29.5 Å². The van der Waals surface area contributed by atoms with Gasteiger partial charge in [-0.25, -0.2) is 8.91 Å². The van der Waals surface area contributed by atoms with Crippen LogP contribution in [0.15, 0.2) is 47.8 Å². The molecule has 0 saturated heterocycles. The lowest BCUT2D eigenvalue weighted by Crippen LogP contribution is -2.26. The maximum absolute atomic E-state index is 13.4. The van der Waals surface area contributed by atoms with E-state index in [0.717, 1.165) is 21.8 Å². The summed E-state index contributed by atoms with van der Waals surface area (Å²) in [6, 6.07) is 12.1. The molecular formula is C21H19FN4OS. The molecule has 142 valence electrons. The minimum absolute atomic E-state index is 0.0771. The maximum atomic E-state index is 13.4. The van der Waals surface area contributed by atoms with Crippen molar-refractivity contribution in [3.05, 3.63) is 76.0 Å². The predicted molar refractivity (Wildman–Crippen MR) is 108 cm³/mol. The maximum Gasteiger partial charge on any atom is 0.251 e. The van der Waals surface area contributed by atoms with Crippen molar-refractivity contribution in [2.45, 2.75) is 20.3 Å². The van der Waals surface area contributed by atoms with E-state index in [1.807, 2.05) is 37.4 Å². The molecular weight excluding hydrogens is 375 g/mol. The Hall–Kier alpha value is -3.06. The van der Waals surface area contributed by atoms with Crippen molar-refractivity contribution >= 4 is 22.2 Å². The van der Waals surface area contributed by atoms with Crippen LogP contribution in [0.1, 0.15) is 27.2 Å². The number of hydrogen-bond acceptors (Lipinski definition) is 4. The highest BCUT2D eigenvalue weighted by Crippen LogP contribution is 2.21. The number of fused-ring (bicyclic) bond motifs is 1. The Morgan fingerprint density at radius 1 is 1.21 bits per heavy atom. The number of amides is 1. The number of nitrogens with zero attached hydrogens (tertiary/aromatic N) is 3. The van der Waals surface area contributed by atoms with E-state index in [-0.39, 0.29) is 11.7 Å². The first-order valence-corrected chi connectivity index (χ1v) is 9.84. The zero-order chi connectivity index (χ0) is 19.7. The lowest BCUT2D eigenvalue weighted by Gasteiger charge is -2.08. The number of aryl methyl sites for hydroxylation is 2. The van der Waals surface area contributed by atoms with Gasteiger partial charge < -0.3 is 5.32 Å². The first kappa shape index (κ1) is 18.3. The molecule has 0 fully saturated rings. The first-order chi connectivity index (χ1) is 13.5. The second-order valence-corrected chi connectivity index (χ2v) is 7.53. The highest BCUT2D eigenvalue weighted by Gasteiger charge is 2.13. The first-order valence-electron chi connectivity index (χ1n) is 8.96. The van der Waals surface area contributed by atoms with Crippen molar-refractivity contribution in [3.63, 3.8) is 0 Å². The van der Waals surface area contributed by atoms with Crippen LogP contribution in [0.5, 0.6) is 0 Å². The number of aromatic nitrogens is 3. The average molecular weight is 394 g/mol. The largest absolute Gasteiger partial charge is 0.352 e. The summed E-state index contributed by atoms with van der Waals surface area (Å²) < 4.78 is 15.2. The fourth-order valence-electron chi connectivity index (χ4n) is 3.03. The number of hydrogen-bond donors (Lipinski definition) is 1. The quantitative estimate of drug-likeness (QED) is 0.552. The lowest BCUT2D eigenvalue weighted by atomic mass is 10.1. The molecule has 1 amide bonds. The number of halogens is 1. The summed E-state index contributed by atoms with van der Waals surface area (Å²) in [5, 5.41) is 9.45. The van der Waals surface area contributed by atoms with Crippen molar-refractivity contribution < 1.29 is 9.18 Å². The highest BCUT2D eigenvalue weighted by atomic mass is 32.1. The van der Waals surface area contributed by atoms with Gasteiger partial charge in [0.25, 0.3) is 5.91 Å². The van der Waals surface area contributed by atoms with Gasteiger partial charge in [-0.1, -0.05) is 29.8 Å². The molecule has 0 unspecified atom stereocenters. The van der Waals surface area contributed by atoms with Gasteiger partial charge in [0.15, 0.2) is 5.82 Å². The van der Waals surface area contributed by atoms with Crippen molar-refractivity contribution in [3.8, 4) is 11.4 Å². The molecule has 4 aromatic rings. The number of carbonyl (C=O) groups is 1. The summed E-state index contributed by atoms with van der Waals surface area (Å²) in [5.41, 5.74) is 4.31. The molecule has 4 rings (SSSR count). The summed E-state index contributed by atoms with van der Waals surface area (Å²) in [6.45, 7) is 4.40. The Kier molecular flexibility index (Phi) is 4.92. The van der Waals surface area contributed by atoms with Crippen LogP contribution in [-0.4, -0.2) is 27.0 Å². The summed E-state index contributed by atoms with van der Waals surface area (Å²) in [5.74, 6) is 0.101. The Labute approximate surface area is 165 Å². The normalized spacial score (nSPS) is 11.1. The van der Waals surface area contributed by atoms with Crippen LogP contribution < -0.4 is 5.32 Å². The van der Waals surface area contributed by atoms with Gasteiger partial charge in [0.1, 0.15) is 5.82 Å². The summed E-state index contributed by atoms with van der Waals surface area (Å²) in [7, 11) is 0. The molecule has 2 aromatic carbocycles. The van der Waals surface area contributed by atoms with Gasteiger partial charge in [0.05, 0.1) is 5.69 Å². The van der Waals surface area contributed by atoms with Crippen LogP contribution in [0.3, 0.4) is 0 Å². The topological polar surface area (TPSA) is 59.3 Å². The van der Waals surface area contributed by atoms with Crippen LogP contribution >= 0.6 is 11.3 Å². The molecule has 0 saturated carbocycles. The van der Waals surface area contributed by atoms with Crippen LogP contribution in [0.25, 0.3) is 16.3 Å². The van der Waals surface area contributed by atoms with Crippen LogP contribution in [0.4, 0.5) is 4.39 Å². The van der Waals surface area contributed by atoms with Crippen molar-refractivity contribution in [2.24, 2.45) is 0 Å². The summed E-state index contributed by atoms with van der Waals surface area (Å²) in [4.78, 5) is 17.7. The molecule has 0 aliphatic rings. The summed E-state index contributed by atoms with van der Waals surface area (Å²) in [6.07, 6.45) is 0.628. The molecule has 5 nitrogen and oxygen atoms in total. The Morgan fingerprint density at radius 2 is 2.07 bits per heavy atom. The van der Waals surface area contributed by atoms with Gasteiger partial charge in [-0.15, -0.1) is 16.4 Å². The standard InChI is InChI=1S/C21H19FN4OS/c1-13-6-7-14(2)18(10-13)20(27)23-9-8-17-12-28-21-24-19(25-26(17)21)15-4-3-5-16(22)11-15/h3-7,10-12H,8-9H2,1-2H3,(H,23,27). The minimum atomic E-state index is -0.315. The molecule has 0 atom stereocenters. The van der Waals surface area contributed by atoms with Crippen LogP contribution in [0, 0.1) is 19.7 Å². The molecule has 2 aromatic heterocycles. The molecule has 28 heavy (non-hydrogen) atoms. The zero-order valence-corrected chi connectivity index (χ0v) is 16.4. The third kappa shape index (κ3) is 3.66. The van der Waals surface area contributed by atoms with E-state index in [0.29, 0.717) is 29.9 Å². The molecule has 0 bridgehead atoms. The van der Waals surface area contributed by atoms with Crippen molar-refractivity contribution in [1.29, 1.82) is 0 Å². The van der Waals surface area contributed by atoms with Crippen molar-refractivity contribution in [1.82, 2.24) is 19.9 Å². The second-order valence-electron chi connectivity index (χ2n) is 6.69. The van der Waals surface area contributed by atoms with Crippen LogP contribution in [0.2, 0.25) is 0 Å². The third-order valence-electron chi connectivity index (χ3n) is 4.54. The average Bonchev–Trinajstić information content (AvgIpc) is 3.25. The van der Waals surface area contributed by atoms with Crippen LogP contribution in [-0.2, 0) is 6.42 Å². The van der Waals surface area contributed by atoms with E-state index < -0.39 is 0 Å². The number of rotatable bonds is 5. The molecule has 0 aliphatic heterocycles. The molecule has 2 heterocycles. The molecule has 7 heteroatoms. The van der Waals surface area contributed by atoms with E-state index in [1.165, 1.54) is 23.5 Å². The predicted octanol–water partition coefficient (Wildman–Crippen LogP) is 4.19. The van der Waals surface area contributed by atoms with Gasteiger partial charge in [0.2, 0.25) is 4.96 Å². The van der Waals surface area contributed by atoms with E-state index >= 15 is 0 Å². The van der Waals surface area contributed by atoms with E-state index in [1.54, 1.807) is 16.6 Å². The van der Waals surface area contributed by atoms with Gasteiger partial charge in [-0.2, -0.15) is 4.98 Å². The second kappa shape index (κ2) is 7.52. The fourth-order valence-corrected chi connectivity index (χ4v) is 3.88. The third-order valence-corrected chi connectivity index (χ3v) is 5.40. The monoisotopic (exact) mass is 394 g/mol. The minimum Gasteiger partial charge on any atom is -0.352 e. The Bertz CT molecular complexity index is 1160. The molecule has 0 radical (unpaired) electrons. The van der Waals surface area contributed by atoms with E-state index in [9.17, 15) is 9.18 Å². The summed E-state index contributed by atoms with van der Waals surface area (Å²) >= 11 is 1.48. The number of carbonyl (C=O) groups excluding carboxylic acids is 1. The van der Waals surface area contributed by atoms with Gasteiger partial charge >= 0.3 is 0 Å². The molecule has 1 N–H and O–H groups in total. The molecule has 0 spiro atoms. The SMILES string of the molecule is Cc1ccc(C)c(C(=O)NCCc2csc3nc(-c4cccc(F)c4)nn23)c1. The Balaban J connectivity index is 1.47. The number of benzene rings is 2. The smallest absolute Gasteiger partial charge is 0.251 e. The number of thiazole rings is 1. The van der Waals surface area contributed by atoms with E-state index in [4.69, 9.17) is 0 Å². The number of nitrogens with one attached hydrogen (secondary N) is 1.